The van der Waals surface area contributed by atoms with Crippen molar-refractivity contribution in [3.05, 3.63) is 29.3 Å². The minimum absolute atomic E-state index is 0.0884. The van der Waals surface area contributed by atoms with Crippen LogP contribution in [0.4, 0.5) is 0 Å². The number of hydrogen-bond acceptors (Lipinski definition) is 7. The Balaban J connectivity index is 2.05. The summed E-state index contributed by atoms with van der Waals surface area (Å²) in [6, 6.07) is 4.61. The van der Waals surface area contributed by atoms with Crippen molar-refractivity contribution in [1.82, 2.24) is 0 Å². The van der Waals surface area contributed by atoms with Gasteiger partial charge in [0.05, 0.1) is 32.0 Å². The molecule has 0 aromatic heterocycles. The van der Waals surface area contributed by atoms with Gasteiger partial charge in [-0.2, -0.15) is 0 Å². The Labute approximate surface area is 217 Å². The van der Waals surface area contributed by atoms with Gasteiger partial charge < -0.3 is 18.9 Å². The van der Waals surface area contributed by atoms with Gasteiger partial charge in [-0.05, 0) is 51.8 Å². The van der Waals surface area contributed by atoms with Crippen LogP contribution in [0.1, 0.15) is 125 Å². The monoisotopic (exact) mass is 506 g/mol. The van der Waals surface area contributed by atoms with Crippen LogP contribution in [-0.4, -0.2) is 44.3 Å². The summed E-state index contributed by atoms with van der Waals surface area (Å²) < 4.78 is 20.6. The van der Waals surface area contributed by atoms with Gasteiger partial charge in [0.1, 0.15) is 11.4 Å². The van der Waals surface area contributed by atoms with E-state index in [4.69, 9.17) is 18.9 Å². The van der Waals surface area contributed by atoms with Crippen molar-refractivity contribution in [3.63, 3.8) is 0 Å². The molecule has 1 rings (SSSR count). The third kappa shape index (κ3) is 14.7. The zero-order valence-corrected chi connectivity index (χ0v) is 23.0. The molecule has 0 aliphatic carbocycles. The number of benzene rings is 1. The molecule has 0 spiro atoms. The van der Waals surface area contributed by atoms with Gasteiger partial charge in [-0.25, -0.2) is 9.59 Å². The standard InChI is InChI=1S/C29H46O7/c1-29(2,3)36-26(30)18-16-14-12-10-8-6-7-9-11-13-15-17-19-35-25-21-23(27(31)33-4)20-24(22-25)28(32)34-5/h20-22H,6-19H2,1-5H3. The number of esters is 3. The highest BCUT2D eigenvalue weighted by molar-refractivity contribution is 5.96. The van der Waals surface area contributed by atoms with E-state index < -0.39 is 11.9 Å². The van der Waals surface area contributed by atoms with Crippen LogP contribution < -0.4 is 4.74 Å². The Morgan fingerprint density at radius 3 is 1.47 bits per heavy atom. The lowest BCUT2D eigenvalue weighted by atomic mass is 10.0. The fourth-order valence-corrected chi connectivity index (χ4v) is 3.88. The lowest BCUT2D eigenvalue weighted by Gasteiger charge is -2.19. The van der Waals surface area contributed by atoms with Gasteiger partial charge in [-0.1, -0.05) is 64.2 Å². The van der Waals surface area contributed by atoms with Gasteiger partial charge in [0.25, 0.3) is 0 Å². The van der Waals surface area contributed by atoms with Crippen LogP contribution in [-0.2, 0) is 19.0 Å². The lowest BCUT2D eigenvalue weighted by molar-refractivity contribution is -0.154. The molecule has 0 N–H and O–H groups in total. The van der Waals surface area contributed by atoms with E-state index in [1.807, 2.05) is 20.8 Å². The van der Waals surface area contributed by atoms with Crippen molar-refractivity contribution in [2.24, 2.45) is 0 Å². The van der Waals surface area contributed by atoms with Crippen LogP contribution in [0.5, 0.6) is 5.75 Å². The fraction of sp³-hybridized carbons (Fsp3) is 0.690. The van der Waals surface area contributed by atoms with E-state index in [0.29, 0.717) is 18.8 Å². The zero-order valence-electron chi connectivity index (χ0n) is 23.0. The molecule has 0 radical (unpaired) electrons. The van der Waals surface area contributed by atoms with Crippen molar-refractivity contribution < 1.29 is 33.3 Å². The Morgan fingerprint density at radius 2 is 1.06 bits per heavy atom. The highest BCUT2D eigenvalue weighted by atomic mass is 16.6. The summed E-state index contributed by atoms with van der Waals surface area (Å²) in [5, 5.41) is 0. The highest BCUT2D eigenvalue weighted by Crippen LogP contribution is 2.20. The molecule has 7 nitrogen and oxygen atoms in total. The SMILES string of the molecule is COC(=O)c1cc(OCCCCCCCCCCCCCCC(=O)OC(C)(C)C)cc(C(=O)OC)c1. The maximum absolute atomic E-state index is 11.8. The Hall–Kier alpha value is -2.57. The second-order valence-electron chi connectivity index (χ2n) is 10.2. The first-order valence-corrected chi connectivity index (χ1v) is 13.3. The van der Waals surface area contributed by atoms with Gasteiger partial charge in [0.2, 0.25) is 0 Å². The van der Waals surface area contributed by atoms with E-state index in [1.165, 1.54) is 71.7 Å². The summed E-state index contributed by atoms with van der Waals surface area (Å²) in [5.41, 5.74) is 0.134. The van der Waals surface area contributed by atoms with Gasteiger partial charge in [0.15, 0.2) is 0 Å². The van der Waals surface area contributed by atoms with Crippen molar-refractivity contribution in [2.45, 2.75) is 110 Å². The molecule has 36 heavy (non-hydrogen) atoms. The molecule has 0 bridgehead atoms. The Bertz CT molecular complexity index is 761. The summed E-state index contributed by atoms with van der Waals surface area (Å²) in [6.45, 7) is 6.23. The first kappa shape index (κ1) is 31.5. The summed E-state index contributed by atoms with van der Waals surface area (Å²) in [6.07, 6.45) is 14.4. The van der Waals surface area contributed by atoms with E-state index in [1.54, 1.807) is 12.1 Å². The maximum Gasteiger partial charge on any atom is 0.338 e. The largest absolute Gasteiger partial charge is 0.494 e. The van der Waals surface area contributed by atoms with E-state index in [-0.39, 0.29) is 22.7 Å². The second-order valence-corrected chi connectivity index (χ2v) is 10.2. The molecular weight excluding hydrogens is 460 g/mol. The van der Waals surface area contributed by atoms with Crippen LogP contribution in [0.25, 0.3) is 0 Å². The number of hydrogen-bond donors (Lipinski definition) is 0. The van der Waals surface area contributed by atoms with Crippen LogP contribution in [0.15, 0.2) is 18.2 Å². The predicted molar refractivity (Wildman–Crippen MR) is 140 cm³/mol. The van der Waals surface area contributed by atoms with Gasteiger partial charge >= 0.3 is 17.9 Å². The van der Waals surface area contributed by atoms with Crippen LogP contribution >= 0.6 is 0 Å². The summed E-state index contributed by atoms with van der Waals surface area (Å²) in [4.78, 5) is 35.4. The number of ether oxygens (including phenoxy) is 4. The van der Waals surface area contributed by atoms with Crippen molar-refractivity contribution in [3.8, 4) is 5.75 Å². The maximum atomic E-state index is 11.8. The zero-order chi connectivity index (χ0) is 26.8. The van der Waals surface area contributed by atoms with Gasteiger partial charge in [0, 0.05) is 6.42 Å². The molecule has 0 saturated carbocycles. The van der Waals surface area contributed by atoms with E-state index in [2.05, 4.69) is 0 Å². The molecule has 0 aliphatic rings. The van der Waals surface area contributed by atoms with Crippen molar-refractivity contribution in [2.75, 3.05) is 20.8 Å². The number of carbonyl (C=O) groups excluding carboxylic acids is 3. The van der Waals surface area contributed by atoms with Crippen LogP contribution in [0.3, 0.4) is 0 Å². The van der Waals surface area contributed by atoms with Crippen LogP contribution in [0, 0.1) is 0 Å². The average Bonchev–Trinajstić information content (AvgIpc) is 2.84. The number of methoxy groups -OCH3 is 2. The number of carbonyl (C=O) groups is 3. The molecule has 1 aromatic carbocycles. The first-order valence-electron chi connectivity index (χ1n) is 13.3. The summed E-state index contributed by atoms with van der Waals surface area (Å²) >= 11 is 0. The van der Waals surface area contributed by atoms with Crippen LogP contribution in [0.2, 0.25) is 0 Å². The van der Waals surface area contributed by atoms with Crippen molar-refractivity contribution >= 4 is 17.9 Å². The van der Waals surface area contributed by atoms with Gasteiger partial charge in [-0.15, -0.1) is 0 Å². The molecule has 0 fully saturated rings. The average molecular weight is 507 g/mol. The Kier molecular flexibility index (Phi) is 15.6. The topological polar surface area (TPSA) is 88.1 Å². The summed E-state index contributed by atoms with van der Waals surface area (Å²) in [7, 11) is 2.59. The molecule has 1 aromatic rings. The molecule has 0 saturated heterocycles. The normalized spacial score (nSPS) is 11.1. The third-order valence-electron chi connectivity index (χ3n) is 5.71. The number of rotatable bonds is 18. The molecule has 0 unspecified atom stereocenters. The summed E-state index contributed by atoms with van der Waals surface area (Å²) in [5.74, 6) is -0.676. The highest BCUT2D eigenvalue weighted by Gasteiger charge is 2.16. The van der Waals surface area contributed by atoms with E-state index in [9.17, 15) is 14.4 Å². The van der Waals surface area contributed by atoms with Gasteiger partial charge in [-0.3, -0.25) is 4.79 Å². The molecule has 0 amide bonds. The van der Waals surface area contributed by atoms with E-state index >= 15 is 0 Å². The molecule has 7 heteroatoms. The van der Waals surface area contributed by atoms with Crippen molar-refractivity contribution in [1.29, 1.82) is 0 Å². The molecule has 204 valence electrons. The van der Waals surface area contributed by atoms with E-state index in [0.717, 1.165) is 25.7 Å². The smallest absolute Gasteiger partial charge is 0.338 e. The molecule has 0 atom stereocenters. The minimum atomic E-state index is -0.524. The second kappa shape index (κ2) is 17.8. The third-order valence-corrected chi connectivity index (χ3v) is 5.71. The first-order chi connectivity index (χ1) is 17.2. The lowest BCUT2D eigenvalue weighted by Crippen LogP contribution is -2.23. The predicted octanol–water partition coefficient (Wildman–Crippen LogP) is 7.05. The fourth-order valence-electron chi connectivity index (χ4n) is 3.88. The molecule has 0 heterocycles. The quantitative estimate of drug-likeness (QED) is 0.120. The molecule has 0 aliphatic heterocycles. The number of unbranched alkanes of at least 4 members (excludes halogenated alkanes) is 11. The molecular formula is C29H46O7. The Morgan fingerprint density at radius 1 is 0.639 bits per heavy atom. The minimum Gasteiger partial charge on any atom is -0.494 e.